The number of para-hydroxylation sites is 1. The Labute approximate surface area is 101 Å². The molecule has 1 atom stereocenters. The van der Waals surface area contributed by atoms with Crippen LogP contribution in [0.4, 0.5) is 0 Å². The molecule has 0 amide bonds. The minimum Gasteiger partial charge on any atom is -0.284 e. The smallest absolute Gasteiger partial charge is 0.228 e. The number of fused-ring (bicyclic) bond motifs is 3. The lowest BCUT2D eigenvalue weighted by atomic mass is 9.88. The Kier molecular flexibility index (Phi) is 2.32. The van der Waals surface area contributed by atoms with E-state index in [0.29, 0.717) is 0 Å². The van der Waals surface area contributed by atoms with Gasteiger partial charge < -0.3 is 0 Å². The van der Waals surface area contributed by atoms with Crippen molar-refractivity contribution in [3.8, 4) is 0 Å². The molecule has 0 radical (unpaired) electrons. The molecule has 2 heteroatoms. The van der Waals surface area contributed by atoms with Gasteiger partial charge in [0.1, 0.15) is 0 Å². The maximum Gasteiger partial charge on any atom is 0.228 e. The number of carbonyl (C=O) groups is 1. The van der Waals surface area contributed by atoms with Gasteiger partial charge in [0.05, 0.1) is 5.52 Å². The average Bonchev–Trinajstić information content (AvgIpc) is 2.63. The van der Waals surface area contributed by atoms with Crippen molar-refractivity contribution in [3.63, 3.8) is 0 Å². The minimum absolute atomic E-state index is 0.136. The summed E-state index contributed by atoms with van der Waals surface area (Å²) in [6.45, 7) is 3.95. The van der Waals surface area contributed by atoms with Crippen LogP contribution in [0.25, 0.3) is 10.9 Å². The van der Waals surface area contributed by atoms with Gasteiger partial charge in [-0.3, -0.25) is 9.36 Å². The second-order valence-corrected chi connectivity index (χ2v) is 5.14. The second-order valence-electron chi connectivity index (χ2n) is 5.14. The molecule has 1 aromatic heterocycles. The lowest BCUT2D eigenvalue weighted by molar-refractivity contribution is 0.0937. The Hall–Kier alpha value is -1.57. The third kappa shape index (κ3) is 1.51. The zero-order chi connectivity index (χ0) is 12.0. The fraction of sp³-hybridized carbons (Fsp3) is 0.400. The van der Waals surface area contributed by atoms with Gasteiger partial charge in [-0.1, -0.05) is 25.1 Å². The Bertz CT molecular complexity index is 594. The maximum absolute atomic E-state index is 11.8. The molecule has 2 aromatic rings. The molecule has 0 bridgehead atoms. The highest BCUT2D eigenvalue weighted by Gasteiger charge is 2.24. The van der Waals surface area contributed by atoms with Gasteiger partial charge in [-0.2, -0.15) is 0 Å². The Morgan fingerprint density at radius 1 is 1.35 bits per heavy atom. The van der Waals surface area contributed by atoms with Crippen LogP contribution in [0.15, 0.2) is 24.3 Å². The van der Waals surface area contributed by atoms with E-state index in [1.54, 1.807) is 6.92 Å². The van der Waals surface area contributed by atoms with Crippen molar-refractivity contribution in [2.75, 3.05) is 0 Å². The monoisotopic (exact) mass is 227 g/mol. The zero-order valence-corrected chi connectivity index (χ0v) is 10.4. The van der Waals surface area contributed by atoms with Gasteiger partial charge in [0.25, 0.3) is 0 Å². The molecule has 0 unspecified atom stereocenters. The molecule has 0 aliphatic heterocycles. The molecule has 3 rings (SSSR count). The van der Waals surface area contributed by atoms with Crippen molar-refractivity contribution in [2.45, 2.75) is 33.1 Å². The van der Waals surface area contributed by atoms with Gasteiger partial charge in [-0.15, -0.1) is 0 Å². The van der Waals surface area contributed by atoms with Gasteiger partial charge in [0.15, 0.2) is 0 Å². The third-order valence-corrected chi connectivity index (χ3v) is 3.83. The quantitative estimate of drug-likeness (QED) is 0.676. The molecule has 1 heterocycles. The van der Waals surface area contributed by atoms with Crippen molar-refractivity contribution in [1.29, 1.82) is 0 Å². The molecule has 0 spiro atoms. The fourth-order valence-electron chi connectivity index (χ4n) is 3.04. The van der Waals surface area contributed by atoms with E-state index in [1.165, 1.54) is 23.1 Å². The highest BCUT2D eigenvalue weighted by molar-refractivity contribution is 5.95. The highest BCUT2D eigenvalue weighted by Crippen LogP contribution is 2.33. The van der Waals surface area contributed by atoms with Crippen LogP contribution in [0, 0.1) is 5.92 Å². The molecule has 1 aromatic carbocycles. The van der Waals surface area contributed by atoms with E-state index < -0.39 is 0 Å². The van der Waals surface area contributed by atoms with Crippen molar-refractivity contribution >= 4 is 16.8 Å². The summed E-state index contributed by atoms with van der Waals surface area (Å²) in [5.74, 6) is 0.866. The van der Waals surface area contributed by atoms with Crippen LogP contribution >= 0.6 is 0 Å². The average molecular weight is 227 g/mol. The summed E-state index contributed by atoms with van der Waals surface area (Å²) in [4.78, 5) is 11.8. The molecular weight excluding hydrogens is 210 g/mol. The fourth-order valence-corrected chi connectivity index (χ4v) is 3.04. The summed E-state index contributed by atoms with van der Waals surface area (Å²) >= 11 is 0. The van der Waals surface area contributed by atoms with E-state index in [1.807, 2.05) is 10.6 Å². The molecule has 17 heavy (non-hydrogen) atoms. The van der Waals surface area contributed by atoms with E-state index in [-0.39, 0.29) is 5.91 Å². The van der Waals surface area contributed by atoms with Crippen molar-refractivity contribution in [2.24, 2.45) is 5.92 Å². The number of carbonyl (C=O) groups excluding carboxylic acids is 1. The topological polar surface area (TPSA) is 22.0 Å². The summed E-state index contributed by atoms with van der Waals surface area (Å²) in [5, 5.41) is 1.27. The first kappa shape index (κ1) is 10.6. The SMILES string of the molecule is CC(=O)n1c2c(c3ccccc31)C[C@H](C)CC2. The minimum atomic E-state index is 0.136. The van der Waals surface area contributed by atoms with E-state index in [0.717, 1.165) is 24.3 Å². The van der Waals surface area contributed by atoms with Crippen LogP contribution in [-0.2, 0) is 12.8 Å². The first-order valence-electron chi connectivity index (χ1n) is 6.30. The molecular formula is C15H17NO. The zero-order valence-electron chi connectivity index (χ0n) is 10.4. The van der Waals surface area contributed by atoms with E-state index in [2.05, 4.69) is 25.1 Å². The first-order valence-corrected chi connectivity index (χ1v) is 6.30. The lowest BCUT2D eigenvalue weighted by Gasteiger charge is -2.19. The lowest BCUT2D eigenvalue weighted by Crippen LogP contribution is -2.16. The maximum atomic E-state index is 11.8. The number of hydrogen-bond acceptors (Lipinski definition) is 1. The van der Waals surface area contributed by atoms with E-state index in [4.69, 9.17) is 0 Å². The van der Waals surface area contributed by atoms with Gasteiger partial charge in [-0.25, -0.2) is 0 Å². The molecule has 1 aliphatic rings. The molecule has 0 saturated carbocycles. The molecule has 0 fully saturated rings. The third-order valence-electron chi connectivity index (χ3n) is 3.83. The largest absolute Gasteiger partial charge is 0.284 e. The number of aromatic nitrogens is 1. The molecule has 1 aliphatic carbocycles. The number of nitrogens with zero attached hydrogens (tertiary/aromatic N) is 1. The van der Waals surface area contributed by atoms with Gasteiger partial charge in [0.2, 0.25) is 5.91 Å². The highest BCUT2D eigenvalue weighted by atomic mass is 16.1. The van der Waals surface area contributed by atoms with Crippen molar-refractivity contribution in [1.82, 2.24) is 4.57 Å². The Morgan fingerprint density at radius 3 is 2.88 bits per heavy atom. The Balaban J connectivity index is 2.36. The van der Waals surface area contributed by atoms with Crippen LogP contribution in [0.5, 0.6) is 0 Å². The molecule has 0 saturated heterocycles. The molecule has 0 N–H and O–H groups in total. The predicted octanol–water partition coefficient (Wildman–Crippen LogP) is 3.43. The first-order chi connectivity index (χ1) is 8.18. The van der Waals surface area contributed by atoms with Crippen LogP contribution in [0.1, 0.15) is 36.3 Å². The standard InChI is InChI=1S/C15H17NO/c1-10-7-8-15-13(9-10)12-5-3-4-6-14(12)16(15)11(2)17/h3-6,10H,7-9H2,1-2H3/t10-/m1/s1. The van der Waals surface area contributed by atoms with E-state index in [9.17, 15) is 4.79 Å². The summed E-state index contributed by atoms with van der Waals surface area (Å²) in [6.07, 6.45) is 3.33. The summed E-state index contributed by atoms with van der Waals surface area (Å²) in [7, 11) is 0. The van der Waals surface area contributed by atoms with Gasteiger partial charge in [0, 0.05) is 18.0 Å². The van der Waals surface area contributed by atoms with Crippen molar-refractivity contribution in [3.05, 3.63) is 35.5 Å². The number of benzene rings is 1. The summed E-state index contributed by atoms with van der Waals surface area (Å²) in [6, 6.07) is 8.27. The normalized spacial score (nSPS) is 19.3. The van der Waals surface area contributed by atoms with Gasteiger partial charge >= 0.3 is 0 Å². The van der Waals surface area contributed by atoms with Crippen LogP contribution < -0.4 is 0 Å². The Morgan fingerprint density at radius 2 is 2.12 bits per heavy atom. The van der Waals surface area contributed by atoms with E-state index >= 15 is 0 Å². The summed E-state index contributed by atoms with van der Waals surface area (Å²) < 4.78 is 1.91. The predicted molar refractivity (Wildman–Crippen MR) is 69.4 cm³/mol. The second kappa shape index (κ2) is 3.73. The van der Waals surface area contributed by atoms with Gasteiger partial charge in [-0.05, 0) is 36.8 Å². The number of rotatable bonds is 0. The molecule has 88 valence electrons. The van der Waals surface area contributed by atoms with Crippen LogP contribution in [-0.4, -0.2) is 10.5 Å². The molecule has 2 nitrogen and oxygen atoms in total. The number of hydrogen-bond donors (Lipinski definition) is 0. The van der Waals surface area contributed by atoms with Crippen molar-refractivity contribution < 1.29 is 4.79 Å². The van der Waals surface area contributed by atoms with Crippen LogP contribution in [0.3, 0.4) is 0 Å². The summed E-state index contributed by atoms with van der Waals surface area (Å²) in [5.41, 5.74) is 3.73. The van der Waals surface area contributed by atoms with Crippen LogP contribution in [0.2, 0.25) is 0 Å².